The number of allylic oxidation sites excluding steroid dienone is 2. The molecule has 2 aliphatic carbocycles. The average molecular weight is 540 g/mol. The van der Waals surface area contributed by atoms with Crippen LogP contribution in [0, 0.1) is 0 Å². The first-order valence-corrected chi connectivity index (χ1v) is 19.5. The fraction of sp³-hybridized carbons (Fsp3) is 0.320. The largest absolute Gasteiger partial charge is 0.147 e. The smallest absolute Gasteiger partial charge is 0.147 e. The van der Waals surface area contributed by atoms with Crippen molar-refractivity contribution in [2.45, 2.75) is 44.6 Å². The molecule has 2 aromatic carbocycles. The summed E-state index contributed by atoms with van der Waals surface area (Å²) in [6.07, 6.45) is 9.70. The van der Waals surface area contributed by atoms with E-state index in [1.165, 1.54) is 22.3 Å². The maximum atomic E-state index is 6.88. The molecule has 3 atom stereocenters. The van der Waals surface area contributed by atoms with Crippen molar-refractivity contribution >= 4 is 49.0 Å². The van der Waals surface area contributed by atoms with Crippen LogP contribution < -0.4 is 0 Å². The number of fused-ring (bicyclic) bond motifs is 2. The van der Waals surface area contributed by atoms with Gasteiger partial charge in [-0.15, -0.1) is 24.8 Å². The van der Waals surface area contributed by atoms with Crippen LogP contribution >= 0.6 is 24.8 Å². The Labute approximate surface area is 199 Å². The van der Waals surface area contributed by atoms with Crippen LogP contribution in [0.3, 0.4) is 0 Å². The van der Waals surface area contributed by atoms with Crippen LogP contribution in [0.15, 0.2) is 60.7 Å². The Balaban J connectivity index is 0.00000160. The quantitative estimate of drug-likeness (QED) is 0.357. The molecule has 0 heterocycles. The van der Waals surface area contributed by atoms with Crippen molar-refractivity contribution in [1.82, 2.24) is 0 Å². The molecule has 0 saturated carbocycles. The standard InChI is InChI=1S/2C9H7.C5H13OSi.C2H4.2ClH.Zr/c2*1-2-5-9-7-3-6-8(9)4-1;1-5-6-7(2,3)4;1-2;;;/h2*1-7H;5H,1-4H3;1H,2H3;2*1H;. The summed E-state index contributed by atoms with van der Waals surface area (Å²) in [4.78, 5) is 0. The molecule has 161 valence electrons. The van der Waals surface area contributed by atoms with Gasteiger partial charge in [0.05, 0.1) is 0 Å². The molecular weight excluding hydrogens is 506 g/mol. The fourth-order valence-electron chi connectivity index (χ4n) is 5.30. The predicted molar refractivity (Wildman–Crippen MR) is 137 cm³/mol. The SMILES string of the molecule is C[CH]=[Zr]([CH](C)O[Si](C)(C)C)([CH]1C=Cc2ccccc21)[CH]1C=Cc2ccccc21.Cl.Cl. The Kier molecular flexibility index (Phi) is 8.50. The van der Waals surface area contributed by atoms with Gasteiger partial charge in [0.1, 0.15) is 0 Å². The molecule has 0 saturated heterocycles. The van der Waals surface area contributed by atoms with Crippen LogP contribution in [-0.2, 0) is 24.2 Å². The maximum absolute atomic E-state index is 6.88. The van der Waals surface area contributed by atoms with Gasteiger partial charge in [0.25, 0.3) is 0 Å². The predicted octanol–water partition coefficient (Wildman–Crippen LogP) is 7.54. The molecule has 0 aliphatic heterocycles. The second-order valence-electron chi connectivity index (χ2n) is 9.09. The summed E-state index contributed by atoms with van der Waals surface area (Å²) < 4.78 is 10.9. The van der Waals surface area contributed by atoms with Crippen LogP contribution in [0.4, 0.5) is 0 Å². The maximum Gasteiger partial charge on any atom is -0.147 e. The number of halogens is 2. The molecule has 5 heteroatoms. The summed E-state index contributed by atoms with van der Waals surface area (Å²) in [5, 5.41) is 0. The molecule has 0 amide bonds. The van der Waals surface area contributed by atoms with Crippen molar-refractivity contribution in [3.63, 3.8) is 0 Å². The van der Waals surface area contributed by atoms with Gasteiger partial charge in [-0.1, -0.05) is 0 Å². The van der Waals surface area contributed by atoms with Crippen LogP contribution in [0.2, 0.25) is 19.6 Å². The minimum Gasteiger partial charge on any atom is -0.147 e. The van der Waals surface area contributed by atoms with Crippen molar-refractivity contribution < 1.29 is 24.2 Å². The number of hydrogen-bond acceptors (Lipinski definition) is 1. The Morgan fingerprint density at radius 3 is 1.67 bits per heavy atom. The van der Waals surface area contributed by atoms with Gasteiger partial charge in [0, 0.05) is 0 Å². The third-order valence-corrected chi connectivity index (χ3v) is 22.0. The summed E-state index contributed by atoms with van der Waals surface area (Å²) in [5.41, 5.74) is 5.82. The normalized spacial score (nSPS) is 21.6. The number of hydrogen-bond donors (Lipinski definition) is 0. The Morgan fingerprint density at radius 2 is 1.27 bits per heavy atom. The van der Waals surface area contributed by atoms with Crippen molar-refractivity contribution in [3.8, 4) is 0 Å². The molecule has 30 heavy (non-hydrogen) atoms. The summed E-state index contributed by atoms with van der Waals surface area (Å²) in [6, 6.07) is 17.9. The van der Waals surface area contributed by atoms with E-state index < -0.39 is 28.1 Å². The summed E-state index contributed by atoms with van der Waals surface area (Å²) in [7, 11) is -1.65. The Morgan fingerprint density at radius 1 is 0.833 bits per heavy atom. The summed E-state index contributed by atoms with van der Waals surface area (Å²) >= 11 is -3.12. The molecule has 0 bridgehead atoms. The van der Waals surface area contributed by atoms with Crippen LogP contribution in [0.25, 0.3) is 12.2 Å². The van der Waals surface area contributed by atoms with Gasteiger partial charge in [0.15, 0.2) is 0 Å². The Hall–Kier alpha value is -0.570. The van der Waals surface area contributed by atoms with Gasteiger partial charge in [-0.25, -0.2) is 0 Å². The fourth-order valence-corrected chi connectivity index (χ4v) is 23.1. The molecule has 0 fully saturated rings. The van der Waals surface area contributed by atoms with E-state index in [2.05, 4.69) is 110 Å². The molecule has 0 N–H and O–H groups in total. The van der Waals surface area contributed by atoms with E-state index >= 15 is 0 Å². The van der Waals surface area contributed by atoms with Crippen molar-refractivity contribution in [3.05, 3.63) is 82.9 Å². The monoisotopic (exact) mass is 537 g/mol. The first-order chi connectivity index (χ1) is 13.4. The van der Waals surface area contributed by atoms with Crippen LogP contribution in [-0.4, -0.2) is 15.8 Å². The number of benzene rings is 2. The molecular formula is C25H33Cl2OSiZr. The van der Waals surface area contributed by atoms with E-state index in [0.29, 0.717) is 11.1 Å². The van der Waals surface area contributed by atoms with E-state index in [1.807, 2.05) is 0 Å². The van der Waals surface area contributed by atoms with Crippen LogP contribution in [0.5, 0.6) is 0 Å². The van der Waals surface area contributed by atoms with E-state index in [1.54, 1.807) is 0 Å². The zero-order chi connectivity index (χ0) is 19.9. The average Bonchev–Trinajstić information content (AvgIpc) is 3.27. The topological polar surface area (TPSA) is 9.23 Å². The second-order valence-corrected chi connectivity index (χ2v) is 24.9. The summed E-state index contributed by atoms with van der Waals surface area (Å²) in [6.45, 7) is 11.7. The third kappa shape index (κ3) is 4.48. The summed E-state index contributed by atoms with van der Waals surface area (Å²) in [5.74, 6) is 0. The third-order valence-electron chi connectivity index (χ3n) is 6.41. The van der Waals surface area contributed by atoms with Gasteiger partial charge in [-0.3, -0.25) is 0 Å². The van der Waals surface area contributed by atoms with Gasteiger partial charge < -0.3 is 0 Å². The first kappa shape index (κ1) is 25.7. The van der Waals surface area contributed by atoms with E-state index in [9.17, 15) is 0 Å². The molecule has 0 radical (unpaired) electrons. The molecule has 3 unspecified atom stereocenters. The zero-order valence-electron chi connectivity index (χ0n) is 18.5. The minimum absolute atomic E-state index is 0. The van der Waals surface area contributed by atoms with E-state index in [0.717, 1.165) is 0 Å². The van der Waals surface area contributed by atoms with Gasteiger partial charge in [-0.2, -0.15) is 0 Å². The molecule has 4 rings (SSSR count). The molecule has 0 aromatic heterocycles. The Bertz CT molecular complexity index is 941. The molecule has 2 aliphatic rings. The second kappa shape index (κ2) is 9.92. The van der Waals surface area contributed by atoms with Crippen molar-refractivity contribution in [2.24, 2.45) is 0 Å². The molecule has 1 nitrogen and oxygen atoms in total. The first-order valence-electron chi connectivity index (χ1n) is 10.4. The van der Waals surface area contributed by atoms with Gasteiger partial charge in [0.2, 0.25) is 0 Å². The van der Waals surface area contributed by atoms with E-state index in [-0.39, 0.29) is 24.8 Å². The molecule has 2 aromatic rings. The van der Waals surface area contributed by atoms with Crippen molar-refractivity contribution in [2.75, 3.05) is 0 Å². The van der Waals surface area contributed by atoms with Crippen LogP contribution in [0.1, 0.15) is 43.4 Å². The zero-order valence-corrected chi connectivity index (χ0v) is 23.6. The van der Waals surface area contributed by atoms with Crippen molar-refractivity contribution in [1.29, 1.82) is 0 Å². The molecule has 0 spiro atoms. The van der Waals surface area contributed by atoms with E-state index in [4.69, 9.17) is 4.43 Å². The minimum atomic E-state index is -3.12. The van der Waals surface area contributed by atoms with Gasteiger partial charge in [-0.05, 0) is 0 Å². The van der Waals surface area contributed by atoms with Gasteiger partial charge >= 0.3 is 176 Å². The number of rotatable bonds is 5.